The first-order valence-corrected chi connectivity index (χ1v) is 11.5. The maximum absolute atomic E-state index is 2.29. The van der Waals surface area contributed by atoms with Crippen molar-refractivity contribution in [3.8, 4) is 0 Å². The molecule has 0 heterocycles. The molecule has 0 nitrogen and oxygen atoms in total. The third-order valence-electron chi connectivity index (χ3n) is 2.34. The largest absolute Gasteiger partial charge is 0.153 e. The van der Waals surface area contributed by atoms with E-state index in [1.54, 1.807) is 0 Å². The molecule has 0 bridgehead atoms. The van der Waals surface area contributed by atoms with Crippen LogP contribution in [0.2, 0.25) is 8.87 Å². The van der Waals surface area contributed by atoms with E-state index in [1.807, 2.05) is 0 Å². The van der Waals surface area contributed by atoms with Gasteiger partial charge in [0.15, 0.2) is 0 Å². The van der Waals surface area contributed by atoms with E-state index >= 15 is 0 Å². The Hall–Kier alpha value is 0.0987. The van der Waals surface area contributed by atoms with Crippen LogP contribution >= 0.6 is 18.5 Å². The molecule has 0 fully saturated rings. The van der Waals surface area contributed by atoms with Gasteiger partial charge < -0.3 is 0 Å². The summed E-state index contributed by atoms with van der Waals surface area (Å²) in [6.45, 7) is 4.57. The topological polar surface area (TPSA) is 0 Å². The Labute approximate surface area is 133 Å². The molecule has 2 aromatic carbocycles. The Morgan fingerprint density at radius 3 is 1.37 bits per heavy atom. The van der Waals surface area contributed by atoms with Gasteiger partial charge in [0.25, 0.3) is 0 Å². The molecule has 19 heavy (non-hydrogen) atoms. The molecular formula is C16H24P2Sn. The van der Waals surface area contributed by atoms with Gasteiger partial charge in [-0.15, -0.1) is 0 Å². The summed E-state index contributed by atoms with van der Waals surface area (Å²) in [6, 6.07) is 21.2. The van der Waals surface area contributed by atoms with Crippen LogP contribution in [0.4, 0.5) is 0 Å². The van der Waals surface area contributed by atoms with Crippen LogP contribution in [0.15, 0.2) is 60.7 Å². The minimum absolute atomic E-state index is 0. The van der Waals surface area contributed by atoms with Gasteiger partial charge >= 0.3 is 43.9 Å². The van der Waals surface area contributed by atoms with Crippen LogP contribution in [-0.4, -0.2) is 21.1 Å². The molecule has 0 saturated heterocycles. The van der Waals surface area contributed by atoms with Crippen molar-refractivity contribution in [1.29, 1.82) is 0 Å². The molecular weight excluding hydrogens is 373 g/mol. The van der Waals surface area contributed by atoms with Crippen LogP contribution in [0.3, 0.4) is 0 Å². The Bertz CT molecular complexity index is 364. The van der Waals surface area contributed by atoms with E-state index in [9.17, 15) is 0 Å². The van der Waals surface area contributed by atoms with Gasteiger partial charge in [-0.05, 0) is 10.6 Å². The molecule has 0 aliphatic rings. The average molecular weight is 397 g/mol. The molecule has 2 rings (SSSR count). The Morgan fingerprint density at radius 2 is 1.11 bits per heavy atom. The summed E-state index contributed by atoms with van der Waals surface area (Å²) in [7, 11) is 0.777. The minimum atomic E-state index is 0. The fourth-order valence-electron chi connectivity index (χ4n) is 1.46. The molecule has 1 atom stereocenters. The smallest absolute Gasteiger partial charge is 0.0226 e. The van der Waals surface area contributed by atoms with Gasteiger partial charge in [-0.1, -0.05) is 69.2 Å². The van der Waals surface area contributed by atoms with Crippen molar-refractivity contribution in [1.82, 2.24) is 0 Å². The van der Waals surface area contributed by atoms with Crippen molar-refractivity contribution < 1.29 is 0 Å². The molecule has 0 N–H and O–H groups in total. The zero-order valence-electron chi connectivity index (χ0n) is 11.9. The maximum atomic E-state index is 2.29. The summed E-state index contributed by atoms with van der Waals surface area (Å²) in [4.78, 5) is 0. The normalized spacial score (nSPS) is 8.95. The monoisotopic (exact) mass is 398 g/mol. The summed E-state index contributed by atoms with van der Waals surface area (Å²) in [5.74, 6) is 0. The predicted molar refractivity (Wildman–Crippen MR) is 98.3 cm³/mol. The summed E-state index contributed by atoms with van der Waals surface area (Å²) >= 11 is 0.218. The predicted octanol–water partition coefficient (Wildman–Crippen LogP) is 3.94. The molecule has 0 amide bonds. The molecule has 3 heteroatoms. The van der Waals surface area contributed by atoms with Gasteiger partial charge in [0.05, 0.1) is 0 Å². The van der Waals surface area contributed by atoms with E-state index in [4.69, 9.17) is 0 Å². The molecule has 0 aromatic heterocycles. The van der Waals surface area contributed by atoms with E-state index in [0.29, 0.717) is 0 Å². The van der Waals surface area contributed by atoms with Gasteiger partial charge in [0.1, 0.15) is 0 Å². The van der Waals surface area contributed by atoms with Gasteiger partial charge in [-0.2, -0.15) is 9.90 Å². The van der Waals surface area contributed by atoms with E-state index in [1.165, 1.54) is 19.5 Å². The molecule has 2 radical (unpaired) electrons. The Balaban J connectivity index is 0.000000471. The van der Waals surface area contributed by atoms with Crippen molar-refractivity contribution in [2.24, 2.45) is 0 Å². The number of hydrogen-bond acceptors (Lipinski definition) is 0. The second-order valence-corrected chi connectivity index (χ2v) is 10.7. The number of hydrogen-bond donors (Lipinski definition) is 0. The van der Waals surface area contributed by atoms with Gasteiger partial charge in [-0.25, -0.2) is 0 Å². The van der Waals surface area contributed by atoms with Crippen molar-refractivity contribution in [3.05, 3.63) is 60.7 Å². The summed E-state index contributed by atoms with van der Waals surface area (Å²) in [6.07, 6.45) is 0. The van der Waals surface area contributed by atoms with Crippen LogP contribution in [0.5, 0.6) is 0 Å². The van der Waals surface area contributed by atoms with Crippen LogP contribution in [0.25, 0.3) is 0 Å². The van der Waals surface area contributed by atoms with Crippen molar-refractivity contribution in [3.63, 3.8) is 0 Å². The quantitative estimate of drug-likeness (QED) is 0.542. The second kappa shape index (κ2) is 13.1. The molecule has 1 unspecified atom stereocenters. The molecule has 2 aromatic rings. The first-order valence-electron chi connectivity index (χ1n) is 6.44. The van der Waals surface area contributed by atoms with Crippen molar-refractivity contribution in [2.45, 2.75) is 22.7 Å². The van der Waals surface area contributed by atoms with Crippen LogP contribution in [0, 0.1) is 0 Å². The molecule has 0 spiro atoms. The molecule has 0 aliphatic heterocycles. The minimum Gasteiger partial charge on any atom is -0.153 e. The van der Waals surface area contributed by atoms with E-state index in [2.05, 4.69) is 74.5 Å². The van der Waals surface area contributed by atoms with Gasteiger partial charge in [0.2, 0.25) is 0 Å². The van der Waals surface area contributed by atoms with E-state index in [-0.39, 0.29) is 31.0 Å². The average Bonchev–Trinajstić information content (AvgIpc) is 2.43. The Morgan fingerprint density at radius 1 is 0.737 bits per heavy atom. The zero-order chi connectivity index (χ0) is 13.1. The molecule has 0 saturated carbocycles. The SMILES string of the molecule is C[CH2][Sn][CH2]C.P.c1ccc(Pc2ccccc2)cc1. The maximum Gasteiger partial charge on any atom is -0.0226 e. The van der Waals surface area contributed by atoms with Gasteiger partial charge in [-0.3, -0.25) is 0 Å². The zero-order valence-corrected chi connectivity index (χ0v) is 17.2. The van der Waals surface area contributed by atoms with E-state index < -0.39 is 0 Å². The number of benzene rings is 2. The fraction of sp³-hybridized carbons (Fsp3) is 0.250. The van der Waals surface area contributed by atoms with Crippen molar-refractivity contribution in [2.75, 3.05) is 0 Å². The third-order valence-corrected chi connectivity index (χ3v) is 6.43. The molecule has 0 aliphatic carbocycles. The number of rotatable bonds is 4. The second-order valence-electron chi connectivity index (χ2n) is 3.81. The fourth-order valence-corrected chi connectivity index (χ4v) is 3.94. The van der Waals surface area contributed by atoms with Crippen LogP contribution in [-0.2, 0) is 0 Å². The first kappa shape index (κ1) is 19.1. The summed E-state index contributed by atoms with van der Waals surface area (Å²) in [5.41, 5.74) is 0. The first-order chi connectivity index (χ1) is 8.86. The van der Waals surface area contributed by atoms with Crippen molar-refractivity contribution >= 4 is 50.2 Å². The summed E-state index contributed by atoms with van der Waals surface area (Å²) < 4.78 is 3.03. The van der Waals surface area contributed by atoms with Crippen LogP contribution < -0.4 is 10.6 Å². The standard InChI is InChI=1S/C12H11P.2C2H5.H3P.Sn/c1-3-7-11(8-4-1)13-12-9-5-2-6-10-12;2*1-2;;/h1-10,13H;2*1H2,2H3;1H3;. The Kier molecular flexibility index (Phi) is 13.2. The summed E-state index contributed by atoms with van der Waals surface area (Å²) in [5, 5.41) is 2.79. The third kappa shape index (κ3) is 9.60. The van der Waals surface area contributed by atoms with E-state index in [0.717, 1.165) is 8.58 Å². The van der Waals surface area contributed by atoms with Crippen LogP contribution in [0.1, 0.15) is 13.8 Å². The van der Waals surface area contributed by atoms with Gasteiger partial charge in [0, 0.05) is 0 Å². The molecule has 102 valence electrons.